The van der Waals surface area contributed by atoms with Crippen molar-refractivity contribution < 1.29 is 0 Å². The van der Waals surface area contributed by atoms with Crippen LogP contribution in [0.2, 0.25) is 0 Å². The highest BCUT2D eigenvalue weighted by molar-refractivity contribution is 5.19. The monoisotopic (exact) mass is 260 g/mol. The topological polar surface area (TPSA) is 15.3 Å². The highest BCUT2D eigenvalue weighted by atomic mass is 15.2. The Morgan fingerprint density at radius 1 is 1.26 bits per heavy atom. The maximum atomic E-state index is 3.71. The van der Waals surface area contributed by atoms with Crippen LogP contribution in [0.3, 0.4) is 0 Å². The van der Waals surface area contributed by atoms with E-state index in [1.54, 1.807) is 0 Å². The second-order valence-electron chi connectivity index (χ2n) is 6.28. The van der Waals surface area contributed by atoms with Gasteiger partial charge in [0.25, 0.3) is 0 Å². The Bertz CT molecular complexity index is 372. The average molecular weight is 260 g/mol. The molecule has 0 radical (unpaired) electrons. The number of benzene rings is 1. The SMILES string of the molecule is CCCNC(CN1CCCC1(C)C)c1ccccc1. The van der Waals surface area contributed by atoms with Gasteiger partial charge in [0.1, 0.15) is 0 Å². The zero-order valence-electron chi connectivity index (χ0n) is 12.7. The molecule has 2 rings (SSSR count). The third-order valence-electron chi connectivity index (χ3n) is 4.32. The van der Waals surface area contributed by atoms with Crippen LogP contribution in [0.15, 0.2) is 30.3 Å². The zero-order valence-corrected chi connectivity index (χ0v) is 12.7. The number of rotatable bonds is 6. The summed E-state index contributed by atoms with van der Waals surface area (Å²) in [5.41, 5.74) is 1.78. The molecule has 0 bridgehead atoms. The lowest BCUT2D eigenvalue weighted by Gasteiger charge is -2.35. The molecule has 1 aromatic carbocycles. The van der Waals surface area contributed by atoms with Crippen molar-refractivity contribution in [3.05, 3.63) is 35.9 Å². The van der Waals surface area contributed by atoms with Crippen molar-refractivity contribution >= 4 is 0 Å². The van der Waals surface area contributed by atoms with Gasteiger partial charge in [0.15, 0.2) is 0 Å². The van der Waals surface area contributed by atoms with Gasteiger partial charge in [0.05, 0.1) is 0 Å². The Kier molecular flexibility index (Phi) is 5.00. The predicted molar refractivity (Wildman–Crippen MR) is 82.4 cm³/mol. The van der Waals surface area contributed by atoms with Crippen molar-refractivity contribution in [2.45, 2.75) is 51.6 Å². The summed E-state index contributed by atoms with van der Waals surface area (Å²) >= 11 is 0. The first-order valence-corrected chi connectivity index (χ1v) is 7.67. The molecule has 0 spiro atoms. The molecule has 1 atom stereocenters. The summed E-state index contributed by atoms with van der Waals surface area (Å²) in [4.78, 5) is 2.65. The average Bonchev–Trinajstić information content (AvgIpc) is 2.74. The third-order valence-corrected chi connectivity index (χ3v) is 4.32. The van der Waals surface area contributed by atoms with Crippen LogP contribution >= 0.6 is 0 Å². The fourth-order valence-electron chi connectivity index (χ4n) is 3.01. The Balaban J connectivity index is 2.06. The first kappa shape index (κ1) is 14.5. The van der Waals surface area contributed by atoms with E-state index >= 15 is 0 Å². The van der Waals surface area contributed by atoms with Gasteiger partial charge in [-0.1, -0.05) is 37.3 Å². The van der Waals surface area contributed by atoms with Crippen molar-refractivity contribution in [3.63, 3.8) is 0 Å². The van der Waals surface area contributed by atoms with Gasteiger partial charge in [0.2, 0.25) is 0 Å². The summed E-state index contributed by atoms with van der Waals surface area (Å²) in [6.45, 7) is 10.4. The molecule has 106 valence electrons. The second kappa shape index (κ2) is 6.53. The smallest absolute Gasteiger partial charge is 0.0449 e. The molecule has 2 heteroatoms. The number of likely N-dealkylation sites (tertiary alicyclic amines) is 1. The van der Waals surface area contributed by atoms with Crippen LogP contribution in [0, 0.1) is 0 Å². The van der Waals surface area contributed by atoms with Crippen LogP contribution < -0.4 is 5.32 Å². The quantitative estimate of drug-likeness (QED) is 0.840. The van der Waals surface area contributed by atoms with E-state index in [-0.39, 0.29) is 0 Å². The molecule has 1 aromatic rings. The van der Waals surface area contributed by atoms with Crippen molar-refractivity contribution in [1.82, 2.24) is 10.2 Å². The second-order valence-corrected chi connectivity index (χ2v) is 6.28. The molecule has 1 fully saturated rings. The third kappa shape index (κ3) is 3.80. The lowest BCUT2D eigenvalue weighted by atomic mass is 10.00. The standard InChI is InChI=1S/C17H28N2/c1-4-12-18-16(15-9-6-5-7-10-15)14-19-13-8-11-17(19,2)3/h5-7,9-10,16,18H,4,8,11-14H2,1-3H3. The summed E-state index contributed by atoms with van der Waals surface area (Å²) < 4.78 is 0. The number of hydrogen-bond donors (Lipinski definition) is 1. The van der Waals surface area contributed by atoms with Gasteiger partial charge >= 0.3 is 0 Å². The van der Waals surface area contributed by atoms with Crippen molar-refractivity contribution in [2.75, 3.05) is 19.6 Å². The van der Waals surface area contributed by atoms with E-state index in [2.05, 4.69) is 61.3 Å². The highest BCUT2D eigenvalue weighted by Gasteiger charge is 2.33. The molecule has 0 aliphatic carbocycles. The Morgan fingerprint density at radius 2 is 2.00 bits per heavy atom. The van der Waals surface area contributed by atoms with Crippen LogP contribution in [0.5, 0.6) is 0 Å². The van der Waals surface area contributed by atoms with Gasteiger partial charge in [-0.05, 0) is 51.8 Å². The van der Waals surface area contributed by atoms with Gasteiger partial charge < -0.3 is 5.32 Å². The number of hydrogen-bond acceptors (Lipinski definition) is 2. The predicted octanol–water partition coefficient (Wildman–Crippen LogP) is 3.60. The van der Waals surface area contributed by atoms with Crippen molar-refractivity contribution in [3.8, 4) is 0 Å². The van der Waals surface area contributed by atoms with E-state index < -0.39 is 0 Å². The Hall–Kier alpha value is -0.860. The maximum Gasteiger partial charge on any atom is 0.0449 e. The maximum absolute atomic E-state index is 3.71. The minimum atomic E-state index is 0.362. The lowest BCUT2D eigenvalue weighted by Crippen LogP contribution is -2.43. The molecule has 1 saturated heterocycles. The lowest BCUT2D eigenvalue weighted by molar-refractivity contribution is 0.156. The normalized spacial score (nSPS) is 20.6. The van der Waals surface area contributed by atoms with Crippen LogP contribution in [0.4, 0.5) is 0 Å². The van der Waals surface area contributed by atoms with Crippen LogP contribution in [0.25, 0.3) is 0 Å². The molecular weight excluding hydrogens is 232 g/mol. The van der Waals surface area contributed by atoms with E-state index in [0.29, 0.717) is 11.6 Å². The number of nitrogens with one attached hydrogen (secondary N) is 1. The molecular formula is C17H28N2. The molecule has 1 aliphatic rings. The molecule has 2 nitrogen and oxygen atoms in total. The van der Waals surface area contributed by atoms with Crippen LogP contribution in [0.1, 0.15) is 51.6 Å². The summed E-state index contributed by atoms with van der Waals surface area (Å²) in [5, 5.41) is 3.71. The van der Waals surface area contributed by atoms with Crippen molar-refractivity contribution in [2.24, 2.45) is 0 Å². The molecule has 1 N–H and O–H groups in total. The van der Waals surface area contributed by atoms with Gasteiger partial charge in [-0.2, -0.15) is 0 Å². The largest absolute Gasteiger partial charge is 0.309 e. The zero-order chi connectivity index (χ0) is 13.7. The summed E-state index contributed by atoms with van der Waals surface area (Å²) in [7, 11) is 0. The first-order chi connectivity index (χ1) is 9.13. The molecule has 1 heterocycles. The minimum absolute atomic E-state index is 0.362. The Morgan fingerprint density at radius 3 is 2.58 bits per heavy atom. The molecule has 0 aromatic heterocycles. The highest BCUT2D eigenvalue weighted by Crippen LogP contribution is 2.30. The molecule has 0 saturated carbocycles. The summed E-state index contributed by atoms with van der Waals surface area (Å²) in [6.07, 6.45) is 3.84. The van der Waals surface area contributed by atoms with Gasteiger partial charge in [-0.3, -0.25) is 4.90 Å². The Labute approximate surface area is 118 Å². The molecule has 0 amide bonds. The van der Waals surface area contributed by atoms with E-state index in [4.69, 9.17) is 0 Å². The van der Waals surface area contributed by atoms with Crippen molar-refractivity contribution in [1.29, 1.82) is 0 Å². The first-order valence-electron chi connectivity index (χ1n) is 7.67. The van der Waals surface area contributed by atoms with Crippen LogP contribution in [-0.2, 0) is 0 Å². The van der Waals surface area contributed by atoms with E-state index in [9.17, 15) is 0 Å². The van der Waals surface area contributed by atoms with E-state index in [1.807, 2.05) is 0 Å². The van der Waals surface area contributed by atoms with Gasteiger partial charge in [-0.25, -0.2) is 0 Å². The number of nitrogens with zero attached hydrogens (tertiary/aromatic N) is 1. The van der Waals surface area contributed by atoms with Gasteiger partial charge in [0, 0.05) is 18.1 Å². The van der Waals surface area contributed by atoms with E-state index in [1.165, 1.54) is 31.4 Å². The van der Waals surface area contributed by atoms with Gasteiger partial charge in [-0.15, -0.1) is 0 Å². The molecule has 1 unspecified atom stereocenters. The summed E-state index contributed by atoms with van der Waals surface area (Å²) in [5.74, 6) is 0. The fourth-order valence-corrected chi connectivity index (χ4v) is 3.01. The molecule has 1 aliphatic heterocycles. The fraction of sp³-hybridized carbons (Fsp3) is 0.647. The molecule has 19 heavy (non-hydrogen) atoms. The minimum Gasteiger partial charge on any atom is -0.309 e. The van der Waals surface area contributed by atoms with E-state index in [0.717, 1.165) is 13.1 Å². The summed E-state index contributed by atoms with van der Waals surface area (Å²) in [6, 6.07) is 11.3. The van der Waals surface area contributed by atoms with Crippen LogP contribution in [-0.4, -0.2) is 30.1 Å².